The number of hydrogen-bond donors (Lipinski definition) is 2. The van der Waals surface area contributed by atoms with Crippen LogP contribution < -0.4 is 10.6 Å². The molecule has 3 nitrogen and oxygen atoms in total. The van der Waals surface area contributed by atoms with Crippen LogP contribution in [0.2, 0.25) is 0 Å². The Kier molecular flexibility index (Phi) is 6.83. The summed E-state index contributed by atoms with van der Waals surface area (Å²) in [4.78, 5) is 11.9. The zero-order chi connectivity index (χ0) is 14.6. The van der Waals surface area contributed by atoms with Crippen molar-refractivity contribution in [1.82, 2.24) is 5.32 Å². The molecule has 0 spiro atoms. The first-order chi connectivity index (χ1) is 9.44. The lowest BCUT2D eigenvalue weighted by atomic mass is 10.0. The molecule has 1 fully saturated rings. The standard InChI is InChI=1S/C13H15F3N2OS.ClH/c14-13(15,16)20-11-4-2-1-3-10(11)18-12(19)7-9-5-6-17-8-9;/h1-4,9,17H,5-8H2,(H,18,19);1H. The third-order valence-electron chi connectivity index (χ3n) is 3.02. The molecular formula is C13H16ClF3N2OS. The first kappa shape index (κ1) is 18.1. The molecular weight excluding hydrogens is 325 g/mol. The van der Waals surface area contributed by atoms with E-state index < -0.39 is 5.51 Å². The first-order valence-corrected chi connectivity index (χ1v) is 7.11. The Labute approximate surface area is 131 Å². The van der Waals surface area contributed by atoms with Crippen LogP contribution in [0.4, 0.5) is 18.9 Å². The molecule has 1 amide bonds. The molecule has 0 bridgehead atoms. The summed E-state index contributed by atoms with van der Waals surface area (Å²) < 4.78 is 37.3. The third kappa shape index (κ3) is 6.15. The molecule has 1 atom stereocenters. The predicted octanol–water partition coefficient (Wildman–Crippen LogP) is 3.66. The van der Waals surface area contributed by atoms with E-state index in [0.717, 1.165) is 19.5 Å². The maximum Gasteiger partial charge on any atom is 0.446 e. The van der Waals surface area contributed by atoms with E-state index in [1.165, 1.54) is 18.2 Å². The van der Waals surface area contributed by atoms with Crippen LogP contribution in [0.1, 0.15) is 12.8 Å². The summed E-state index contributed by atoms with van der Waals surface area (Å²) in [5.41, 5.74) is -4.15. The van der Waals surface area contributed by atoms with Crippen LogP contribution >= 0.6 is 24.2 Å². The molecule has 1 aliphatic rings. The highest BCUT2D eigenvalue weighted by molar-refractivity contribution is 8.00. The molecule has 2 N–H and O–H groups in total. The number of benzene rings is 1. The van der Waals surface area contributed by atoms with E-state index in [9.17, 15) is 18.0 Å². The van der Waals surface area contributed by atoms with Gasteiger partial charge in [0.15, 0.2) is 0 Å². The number of alkyl halides is 3. The van der Waals surface area contributed by atoms with Gasteiger partial charge in [0.2, 0.25) is 5.91 Å². The van der Waals surface area contributed by atoms with Crippen molar-refractivity contribution in [2.24, 2.45) is 5.92 Å². The lowest BCUT2D eigenvalue weighted by Gasteiger charge is -2.13. The van der Waals surface area contributed by atoms with Crippen LogP contribution in [0.5, 0.6) is 0 Å². The lowest BCUT2D eigenvalue weighted by Crippen LogP contribution is -2.18. The summed E-state index contributed by atoms with van der Waals surface area (Å²) in [6.45, 7) is 1.67. The maximum atomic E-state index is 12.4. The maximum absolute atomic E-state index is 12.4. The Morgan fingerprint density at radius 1 is 1.38 bits per heavy atom. The van der Waals surface area contributed by atoms with Gasteiger partial charge in [-0.1, -0.05) is 12.1 Å². The fourth-order valence-corrected chi connectivity index (χ4v) is 2.76. The number of thioether (sulfide) groups is 1. The number of carbonyl (C=O) groups excluding carboxylic acids is 1. The molecule has 118 valence electrons. The number of nitrogens with one attached hydrogen (secondary N) is 2. The van der Waals surface area contributed by atoms with Crippen LogP contribution in [0.25, 0.3) is 0 Å². The number of rotatable bonds is 4. The fraction of sp³-hybridized carbons (Fsp3) is 0.462. The van der Waals surface area contributed by atoms with Gasteiger partial charge in [-0.3, -0.25) is 4.79 Å². The van der Waals surface area contributed by atoms with Crippen molar-refractivity contribution < 1.29 is 18.0 Å². The second-order valence-corrected chi connectivity index (χ2v) is 5.76. The molecule has 0 aromatic heterocycles. The minimum absolute atomic E-state index is 0. The summed E-state index contributed by atoms with van der Waals surface area (Å²) in [6.07, 6.45) is 1.25. The average Bonchev–Trinajstić information content (AvgIpc) is 2.82. The molecule has 0 aliphatic carbocycles. The Bertz CT molecular complexity index is 479. The van der Waals surface area contributed by atoms with Crippen molar-refractivity contribution in [3.05, 3.63) is 24.3 Å². The molecule has 21 heavy (non-hydrogen) atoms. The summed E-state index contributed by atoms with van der Waals surface area (Å²) in [7, 11) is 0. The topological polar surface area (TPSA) is 41.1 Å². The Hall–Kier alpha value is -0.920. The zero-order valence-corrected chi connectivity index (χ0v) is 12.7. The molecule has 1 aliphatic heterocycles. The van der Waals surface area contributed by atoms with E-state index in [2.05, 4.69) is 10.6 Å². The highest BCUT2D eigenvalue weighted by Crippen LogP contribution is 2.40. The van der Waals surface area contributed by atoms with Crippen molar-refractivity contribution in [2.75, 3.05) is 18.4 Å². The minimum atomic E-state index is -4.36. The fourth-order valence-electron chi connectivity index (χ4n) is 2.14. The Morgan fingerprint density at radius 3 is 2.71 bits per heavy atom. The SMILES string of the molecule is Cl.O=C(CC1CCNC1)Nc1ccccc1SC(F)(F)F. The largest absolute Gasteiger partial charge is 0.446 e. The van der Waals surface area contributed by atoms with Gasteiger partial charge in [-0.25, -0.2) is 0 Å². The second kappa shape index (κ2) is 7.91. The third-order valence-corrected chi connectivity index (χ3v) is 3.83. The summed E-state index contributed by atoms with van der Waals surface area (Å²) in [5.74, 6) is 0.0198. The summed E-state index contributed by atoms with van der Waals surface area (Å²) >= 11 is -0.215. The van der Waals surface area contributed by atoms with Gasteiger partial charge >= 0.3 is 5.51 Å². The van der Waals surface area contributed by atoms with E-state index in [1.54, 1.807) is 6.07 Å². The zero-order valence-electron chi connectivity index (χ0n) is 11.1. The lowest BCUT2D eigenvalue weighted by molar-refractivity contribution is -0.117. The number of carbonyl (C=O) groups is 1. The number of amides is 1. The first-order valence-electron chi connectivity index (χ1n) is 6.29. The van der Waals surface area contributed by atoms with Crippen LogP contribution in [0, 0.1) is 5.92 Å². The monoisotopic (exact) mass is 340 g/mol. The van der Waals surface area contributed by atoms with Gasteiger partial charge in [-0.2, -0.15) is 13.2 Å². The van der Waals surface area contributed by atoms with Crippen LogP contribution in [0.3, 0.4) is 0 Å². The van der Waals surface area contributed by atoms with Crippen molar-refractivity contribution in [3.63, 3.8) is 0 Å². The van der Waals surface area contributed by atoms with Gasteiger partial charge in [-0.15, -0.1) is 12.4 Å². The number of halogens is 4. The molecule has 8 heteroatoms. The highest BCUT2D eigenvalue weighted by atomic mass is 35.5. The molecule has 1 saturated heterocycles. The van der Waals surface area contributed by atoms with Gasteiger partial charge in [-0.05, 0) is 49.3 Å². The second-order valence-electron chi connectivity index (χ2n) is 4.66. The van der Waals surface area contributed by atoms with E-state index in [0.29, 0.717) is 6.42 Å². The number of anilines is 1. The molecule has 1 heterocycles. The van der Waals surface area contributed by atoms with Gasteiger partial charge in [0.1, 0.15) is 0 Å². The molecule has 1 aromatic carbocycles. The van der Waals surface area contributed by atoms with Crippen LogP contribution in [-0.2, 0) is 4.79 Å². The van der Waals surface area contributed by atoms with Crippen molar-refractivity contribution >= 4 is 35.8 Å². The van der Waals surface area contributed by atoms with E-state index >= 15 is 0 Å². The van der Waals surface area contributed by atoms with Gasteiger partial charge in [0.05, 0.1) is 5.69 Å². The molecule has 2 rings (SSSR count). The number of hydrogen-bond acceptors (Lipinski definition) is 3. The molecule has 0 saturated carbocycles. The normalized spacial score (nSPS) is 18.1. The molecule has 0 radical (unpaired) electrons. The van der Waals surface area contributed by atoms with Crippen molar-refractivity contribution in [3.8, 4) is 0 Å². The highest BCUT2D eigenvalue weighted by Gasteiger charge is 2.30. The Balaban J connectivity index is 0.00000220. The van der Waals surface area contributed by atoms with E-state index in [4.69, 9.17) is 0 Å². The predicted molar refractivity (Wildman–Crippen MR) is 79.8 cm³/mol. The van der Waals surface area contributed by atoms with E-state index in [-0.39, 0.29) is 46.6 Å². The van der Waals surface area contributed by atoms with Gasteiger partial charge in [0.25, 0.3) is 0 Å². The van der Waals surface area contributed by atoms with Crippen molar-refractivity contribution in [1.29, 1.82) is 0 Å². The molecule has 1 unspecified atom stereocenters. The average molecular weight is 341 g/mol. The van der Waals surface area contributed by atoms with Gasteiger partial charge < -0.3 is 10.6 Å². The smallest absolute Gasteiger partial charge is 0.325 e. The van der Waals surface area contributed by atoms with Gasteiger partial charge in [0, 0.05) is 11.3 Å². The summed E-state index contributed by atoms with van der Waals surface area (Å²) in [6, 6.07) is 5.96. The minimum Gasteiger partial charge on any atom is -0.325 e. The quantitative estimate of drug-likeness (QED) is 0.822. The van der Waals surface area contributed by atoms with Crippen LogP contribution in [-0.4, -0.2) is 24.5 Å². The van der Waals surface area contributed by atoms with Crippen LogP contribution in [0.15, 0.2) is 29.2 Å². The number of para-hydroxylation sites is 1. The molecule has 1 aromatic rings. The van der Waals surface area contributed by atoms with Crippen molar-refractivity contribution in [2.45, 2.75) is 23.2 Å². The Morgan fingerprint density at radius 2 is 2.10 bits per heavy atom. The van der Waals surface area contributed by atoms with E-state index in [1.807, 2.05) is 0 Å². The summed E-state index contributed by atoms with van der Waals surface area (Å²) in [5, 5.41) is 5.72.